The standard InChI is InChI=1S/C9H17N3S/c1-8(5-12(2)3)10-4-9-6-13-7-11-9/h6-8,10H,4-5H2,1-3H3. The Morgan fingerprint density at radius 3 is 2.92 bits per heavy atom. The van der Waals surface area contributed by atoms with Crippen molar-refractivity contribution in [2.24, 2.45) is 0 Å². The van der Waals surface area contributed by atoms with E-state index in [4.69, 9.17) is 0 Å². The molecule has 0 saturated carbocycles. The van der Waals surface area contributed by atoms with E-state index in [2.05, 4.69) is 41.6 Å². The maximum atomic E-state index is 4.21. The number of hydrogen-bond donors (Lipinski definition) is 1. The van der Waals surface area contributed by atoms with Gasteiger partial charge in [0.15, 0.2) is 0 Å². The lowest BCUT2D eigenvalue weighted by molar-refractivity contribution is 0.348. The second-order valence-corrected chi connectivity index (χ2v) is 4.24. The van der Waals surface area contributed by atoms with Crippen LogP contribution < -0.4 is 5.32 Å². The highest BCUT2D eigenvalue weighted by atomic mass is 32.1. The third kappa shape index (κ3) is 4.36. The number of nitrogens with one attached hydrogen (secondary N) is 1. The predicted molar refractivity (Wildman–Crippen MR) is 57.0 cm³/mol. The first-order valence-corrected chi connectivity index (χ1v) is 5.38. The summed E-state index contributed by atoms with van der Waals surface area (Å²) in [6.07, 6.45) is 0. The fourth-order valence-corrected chi connectivity index (χ4v) is 1.77. The zero-order valence-corrected chi connectivity index (χ0v) is 9.27. The van der Waals surface area contributed by atoms with Crippen LogP contribution >= 0.6 is 11.3 Å². The maximum absolute atomic E-state index is 4.21. The average Bonchev–Trinajstić information content (AvgIpc) is 2.51. The molecule has 0 aromatic carbocycles. The Labute approximate surface area is 83.8 Å². The highest BCUT2D eigenvalue weighted by Gasteiger charge is 2.02. The summed E-state index contributed by atoms with van der Waals surface area (Å²) in [4.78, 5) is 6.39. The fraction of sp³-hybridized carbons (Fsp3) is 0.667. The topological polar surface area (TPSA) is 28.2 Å². The molecular weight excluding hydrogens is 182 g/mol. The van der Waals surface area contributed by atoms with E-state index in [1.54, 1.807) is 11.3 Å². The number of nitrogens with zero attached hydrogens (tertiary/aromatic N) is 2. The van der Waals surface area contributed by atoms with E-state index in [1.807, 2.05) is 5.51 Å². The molecule has 1 heterocycles. The van der Waals surface area contributed by atoms with Gasteiger partial charge in [0, 0.05) is 24.5 Å². The molecule has 3 nitrogen and oxygen atoms in total. The molecule has 1 N–H and O–H groups in total. The van der Waals surface area contributed by atoms with Gasteiger partial charge in [-0.1, -0.05) is 0 Å². The zero-order valence-electron chi connectivity index (χ0n) is 8.45. The van der Waals surface area contributed by atoms with Crippen LogP contribution in [-0.4, -0.2) is 36.6 Å². The molecule has 0 fully saturated rings. The monoisotopic (exact) mass is 199 g/mol. The Kier molecular flexibility index (Phi) is 4.35. The van der Waals surface area contributed by atoms with Gasteiger partial charge in [0.1, 0.15) is 0 Å². The molecule has 1 atom stereocenters. The van der Waals surface area contributed by atoms with Crippen molar-refractivity contribution in [1.82, 2.24) is 15.2 Å². The number of thiazole rings is 1. The van der Waals surface area contributed by atoms with E-state index >= 15 is 0 Å². The molecule has 0 aliphatic heterocycles. The van der Waals surface area contributed by atoms with Gasteiger partial charge in [-0.05, 0) is 21.0 Å². The van der Waals surface area contributed by atoms with Gasteiger partial charge in [-0.3, -0.25) is 0 Å². The van der Waals surface area contributed by atoms with Crippen molar-refractivity contribution in [3.8, 4) is 0 Å². The zero-order chi connectivity index (χ0) is 9.68. The summed E-state index contributed by atoms with van der Waals surface area (Å²) in [5.74, 6) is 0. The lowest BCUT2D eigenvalue weighted by Gasteiger charge is -2.17. The molecule has 0 radical (unpaired) electrons. The summed E-state index contributed by atoms with van der Waals surface area (Å²) in [7, 11) is 4.17. The molecule has 1 unspecified atom stereocenters. The van der Waals surface area contributed by atoms with Crippen molar-refractivity contribution >= 4 is 11.3 Å². The van der Waals surface area contributed by atoms with Gasteiger partial charge in [-0.25, -0.2) is 4.98 Å². The number of hydrogen-bond acceptors (Lipinski definition) is 4. The minimum absolute atomic E-state index is 0.511. The maximum Gasteiger partial charge on any atom is 0.0795 e. The smallest absolute Gasteiger partial charge is 0.0795 e. The van der Waals surface area contributed by atoms with Crippen molar-refractivity contribution in [1.29, 1.82) is 0 Å². The minimum atomic E-state index is 0.511. The molecule has 0 amide bonds. The van der Waals surface area contributed by atoms with Crippen LogP contribution in [0.15, 0.2) is 10.9 Å². The van der Waals surface area contributed by atoms with Crippen LogP contribution in [0.2, 0.25) is 0 Å². The molecule has 13 heavy (non-hydrogen) atoms. The predicted octanol–water partition coefficient (Wildman–Crippen LogP) is 1.18. The highest BCUT2D eigenvalue weighted by molar-refractivity contribution is 7.07. The molecule has 1 aromatic rings. The SMILES string of the molecule is CC(CN(C)C)NCc1cscn1. The van der Waals surface area contributed by atoms with Crippen LogP contribution in [0.3, 0.4) is 0 Å². The van der Waals surface area contributed by atoms with Crippen LogP contribution in [0.1, 0.15) is 12.6 Å². The summed E-state index contributed by atoms with van der Waals surface area (Å²) >= 11 is 1.64. The van der Waals surface area contributed by atoms with Gasteiger partial charge in [0.05, 0.1) is 11.2 Å². The first-order valence-electron chi connectivity index (χ1n) is 4.43. The Morgan fingerprint density at radius 2 is 2.38 bits per heavy atom. The summed E-state index contributed by atoms with van der Waals surface area (Å²) in [5, 5.41) is 5.50. The molecule has 74 valence electrons. The second kappa shape index (κ2) is 5.32. The number of likely N-dealkylation sites (N-methyl/N-ethyl adjacent to an activating group) is 1. The molecular formula is C9H17N3S. The molecule has 1 rings (SSSR count). The van der Waals surface area contributed by atoms with Crippen LogP contribution in [0.5, 0.6) is 0 Å². The van der Waals surface area contributed by atoms with Crippen LogP contribution in [-0.2, 0) is 6.54 Å². The molecule has 0 saturated heterocycles. The summed E-state index contributed by atoms with van der Waals surface area (Å²) in [6.45, 7) is 4.12. The van der Waals surface area contributed by atoms with Crippen LogP contribution in [0.4, 0.5) is 0 Å². The largest absolute Gasteiger partial charge is 0.308 e. The summed E-state index contributed by atoms with van der Waals surface area (Å²) < 4.78 is 0. The molecule has 4 heteroatoms. The number of rotatable bonds is 5. The first-order chi connectivity index (χ1) is 6.18. The summed E-state index contributed by atoms with van der Waals surface area (Å²) in [6, 6.07) is 0.511. The van der Waals surface area contributed by atoms with E-state index in [0.717, 1.165) is 18.8 Å². The molecule has 0 spiro atoms. The lowest BCUT2D eigenvalue weighted by atomic mass is 10.3. The second-order valence-electron chi connectivity index (χ2n) is 3.52. The van der Waals surface area contributed by atoms with Gasteiger partial charge in [-0.2, -0.15) is 0 Å². The van der Waals surface area contributed by atoms with E-state index < -0.39 is 0 Å². The van der Waals surface area contributed by atoms with E-state index in [9.17, 15) is 0 Å². The number of aromatic nitrogens is 1. The Bertz CT molecular complexity index is 221. The molecule has 0 bridgehead atoms. The van der Waals surface area contributed by atoms with Gasteiger partial charge in [0.25, 0.3) is 0 Å². The van der Waals surface area contributed by atoms with Gasteiger partial charge >= 0.3 is 0 Å². The van der Waals surface area contributed by atoms with Crippen molar-refractivity contribution in [2.75, 3.05) is 20.6 Å². The first kappa shape index (κ1) is 10.6. The molecule has 0 aliphatic carbocycles. The van der Waals surface area contributed by atoms with Crippen molar-refractivity contribution < 1.29 is 0 Å². The van der Waals surface area contributed by atoms with Crippen molar-refractivity contribution in [3.05, 3.63) is 16.6 Å². The molecule has 0 aliphatic rings. The summed E-state index contributed by atoms with van der Waals surface area (Å²) in [5.41, 5.74) is 3.00. The van der Waals surface area contributed by atoms with E-state index in [-0.39, 0.29) is 0 Å². The molecule has 1 aromatic heterocycles. The quantitative estimate of drug-likeness (QED) is 0.772. The third-order valence-electron chi connectivity index (χ3n) is 1.75. The Hall–Kier alpha value is -0.450. The van der Waals surface area contributed by atoms with Gasteiger partial charge < -0.3 is 10.2 Å². The van der Waals surface area contributed by atoms with Crippen LogP contribution in [0.25, 0.3) is 0 Å². The Morgan fingerprint density at radius 1 is 1.62 bits per heavy atom. The Balaban J connectivity index is 2.19. The van der Waals surface area contributed by atoms with Gasteiger partial charge in [-0.15, -0.1) is 11.3 Å². The normalized spacial score (nSPS) is 13.5. The van der Waals surface area contributed by atoms with Crippen molar-refractivity contribution in [3.63, 3.8) is 0 Å². The lowest BCUT2D eigenvalue weighted by Crippen LogP contribution is -2.35. The highest BCUT2D eigenvalue weighted by Crippen LogP contribution is 2.00. The average molecular weight is 199 g/mol. The third-order valence-corrected chi connectivity index (χ3v) is 2.39. The fourth-order valence-electron chi connectivity index (χ4n) is 1.22. The van der Waals surface area contributed by atoms with E-state index in [0.29, 0.717) is 6.04 Å². The minimum Gasteiger partial charge on any atom is -0.308 e. The van der Waals surface area contributed by atoms with Crippen molar-refractivity contribution in [2.45, 2.75) is 19.5 Å². The van der Waals surface area contributed by atoms with Crippen LogP contribution in [0, 0.1) is 0 Å². The van der Waals surface area contributed by atoms with E-state index in [1.165, 1.54) is 0 Å². The van der Waals surface area contributed by atoms with Gasteiger partial charge in [0.2, 0.25) is 0 Å².